The molecule has 0 spiro atoms. The molecule has 0 aromatic rings. The zero-order valence-electron chi connectivity index (χ0n) is 20.2. The van der Waals surface area contributed by atoms with Crippen molar-refractivity contribution in [1.82, 2.24) is 4.90 Å². The highest BCUT2D eigenvalue weighted by atomic mass is 16.5. The van der Waals surface area contributed by atoms with E-state index >= 15 is 0 Å². The van der Waals surface area contributed by atoms with Crippen LogP contribution in [0.2, 0.25) is 0 Å². The first-order chi connectivity index (χ1) is 13.0. The first-order valence-corrected chi connectivity index (χ1v) is 12.3. The van der Waals surface area contributed by atoms with Crippen LogP contribution in [0, 0.1) is 10.8 Å². The standard InChI is InChI=1S/C25H53NO/c1-8-19-26(20-9-2)21-17-15-16-18-25(13-6,14-7)23-27-22-24(10-3,11-4)12-5/h8-23H2,1-7H3. The highest BCUT2D eigenvalue weighted by Gasteiger charge is 2.29. The molecule has 0 unspecified atom stereocenters. The van der Waals surface area contributed by atoms with E-state index in [1.54, 1.807) is 0 Å². The van der Waals surface area contributed by atoms with Gasteiger partial charge in [0.15, 0.2) is 0 Å². The molecule has 0 aliphatic carbocycles. The Morgan fingerprint density at radius 3 is 1.48 bits per heavy atom. The normalized spacial score (nSPS) is 12.9. The zero-order valence-corrected chi connectivity index (χ0v) is 20.2. The van der Waals surface area contributed by atoms with Gasteiger partial charge in [-0.2, -0.15) is 0 Å². The van der Waals surface area contributed by atoms with E-state index in [0.717, 1.165) is 13.2 Å². The molecule has 0 fully saturated rings. The third-order valence-corrected chi connectivity index (χ3v) is 7.33. The van der Waals surface area contributed by atoms with Crippen LogP contribution in [0.1, 0.15) is 119 Å². The molecule has 0 aromatic heterocycles. The average molecular weight is 384 g/mol. The molecular weight excluding hydrogens is 330 g/mol. The largest absolute Gasteiger partial charge is 0.380 e. The molecule has 0 atom stereocenters. The minimum Gasteiger partial charge on any atom is -0.380 e. The number of hydrogen-bond donors (Lipinski definition) is 0. The second kappa shape index (κ2) is 15.8. The molecular formula is C25H53NO. The van der Waals surface area contributed by atoms with E-state index in [9.17, 15) is 0 Å². The van der Waals surface area contributed by atoms with Crippen molar-refractivity contribution in [3.05, 3.63) is 0 Å². The summed E-state index contributed by atoms with van der Waals surface area (Å²) in [5.41, 5.74) is 0.794. The minimum absolute atomic E-state index is 0.396. The molecule has 0 aromatic carbocycles. The molecule has 0 aliphatic rings. The van der Waals surface area contributed by atoms with E-state index in [2.05, 4.69) is 53.4 Å². The third kappa shape index (κ3) is 10.3. The third-order valence-electron chi connectivity index (χ3n) is 7.33. The van der Waals surface area contributed by atoms with Crippen molar-refractivity contribution in [1.29, 1.82) is 0 Å². The number of hydrogen-bond acceptors (Lipinski definition) is 2. The average Bonchev–Trinajstić information content (AvgIpc) is 2.70. The van der Waals surface area contributed by atoms with Crippen molar-refractivity contribution in [3.63, 3.8) is 0 Å². The lowest BCUT2D eigenvalue weighted by Crippen LogP contribution is -2.31. The molecule has 2 heteroatoms. The minimum atomic E-state index is 0.396. The fourth-order valence-corrected chi connectivity index (χ4v) is 4.40. The van der Waals surface area contributed by atoms with Gasteiger partial charge in [0.2, 0.25) is 0 Å². The van der Waals surface area contributed by atoms with Gasteiger partial charge >= 0.3 is 0 Å². The predicted molar refractivity (Wildman–Crippen MR) is 123 cm³/mol. The summed E-state index contributed by atoms with van der Waals surface area (Å²) in [6, 6.07) is 0. The Morgan fingerprint density at radius 2 is 1.04 bits per heavy atom. The van der Waals surface area contributed by atoms with Crippen LogP contribution in [-0.2, 0) is 4.74 Å². The van der Waals surface area contributed by atoms with Gasteiger partial charge in [-0.05, 0) is 88.3 Å². The molecule has 27 heavy (non-hydrogen) atoms. The van der Waals surface area contributed by atoms with Crippen molar-refractivity contribution in [2.45, 2.75) is 119 Å². The van der Waals surface area contributed by atoms with Crippen molar-refractivity contribution < 1.29 is 4.74 Å². The van der Waals surface area contributed by atoms with Gasteiger partial charge in [0.1, 0.15) is 0 Å². The Labute approximate surface area is 172 Å². The quantitative estimate of drug-likeness (QED) is 0.212. The van der Waals surface area contributed by atoms with E-state index < -0.39 is 0 Å². The van der Waals surface area contributed by atoms with Gasteiger partial charge in [-0.1, -0.05) is 61.3 Å². The Morgan fingerprint density at radius 1 is 0.556 bits per heavy atom. The highest BCUT2D eigenvalue weighted by molar-refractivity contribution is 4.79. The maximum atomic E-state index is 6.37. The van der Waals surface area contributed by atoms with Gasteiger partial charge in [0.05, 0.1) is 13.2 Å². The smallest absolute Gasteiger partial charge is 0.0522 e. The van der Waals surface area contributed by atoms with E-state index in [0.29, 0.717) is 10.8 Å². The lowest BCUT2D eigenvalue weighted by atomic mass is 9.78. The van der Waals surface area contributed by atoms with Crippen molar-refractivity contribution in [2.75, 3.05) is 32.8 Å². The van der Waals surface area contributed by atoms with Gasteiger partial charge in [0, 0.05) is 0 Å². The maximum Gasteiger partial charge on any atom is 0.0522 e. The second-order valence-corrected chi connectivity index (χ2v) is 8.91. The van der Waals surface area contributed by atoms with E-state index in [1.165, 1.54) is 90.3 Å². The topological polar surface area (TPSA) is 12.5 Å². The summed E-state index contributed by atoms with van der Waals surface area (Å²) in [7, 11) is 0. The van der Waals surface area contributed by atoms with Crippen LogP contribution < -0.4 is 0 Å². The molecule has 0 N–H and O–H groups in total. The lowest BCUT2D eigenvalue weighted by molar-refractivity contribution is -0.0206. The molecule has 0 radical (unpaired) electrons. The monoisotopic (exact) mass is 383 g/mol. The van der Waals surface area contributed by atoms with Crippen LogP contribution in [0.3, 0.4) is 0 Å². The summed E-state index contributed by atoms with van der Waals surface area (Å²) < 4.78 is 6.37. The Hall–Kier alpha value is -0.0800. The molecule has 0 aliphatic heterocycles. The molecule has 2 nitrogen and oxygen atoms in total. The molecule has 0 saturated carbocycles. The second-order valence-electron chi connectivity index (χ2n) is 8.91. The lowest BCUT2D eigenvalue weighted by Gasteiger charge is -2.35. The molecule has 164 valence electrons. The first kappa shape index (κ1) is 26.9. The van der Waals surface area contributed by atoms with E-state index in [1.807, 2.05) is 0 Å². The molecule has 0 bridgehead atoms. The maximum absolute atomic E-state index is 6.37. The number of unbranched alkanes of at least 4 members (excludes halogenated alkanes) is 2. The van der Waals surface area contributed by atoms with Gasteiger partial charge in [-0.25, -0.2) is 0 Å². The highest BCUT2D eigenvalue weighted by Crippen LogP contribution is 2.36. The van der Waals surface area contributed by atoms with Crippen LogP contribution in [0.4, 0.5) is 0 Å². The number of rotatable bonds is 19. The van der Waals surface area contributed by atoms with Crippen LogP contribution >= 0.6 is 0 Å². The predicted octanol–water partition coefficient (Wildman–Crippen LogP) is 7.71. The van der Waals surface area contributed by atoms with Gasteiger partial charge in [-0.15, -0.1) is 0 Å². The van der Waals surface area contributed by atoms with Gasteiger partial charge < -0.3 is 9.64 Å². The van der Waals surface area contributed by atoms with Gasteiger partial charge in [-0.3, -0.25) is 0 Å². The molecule has 0 amide bonds. The fourth-order valence-electron chi connectivity index (χ4n) is 4.40. The summed E-state index contributed by atoms with van der Waals surface area (Å²) in [4.78, 5) is 2.65. The van der Waals surface area contributed by atoms with Crippen LogP contribution in [0.15, 0.2) is 0 Å². The van der Waals surface area contributed by atoms with Crippen LogP contribution in [-0.4, -0.2) is 37.7 Å². The molecule has 0 rings (SSSR count). The molecule has 0 heterocycles. The summed E-state index contributed by atoms with van der Waals surface area (Å²) in [5.74, 6) is 0. The summed E-state index contributed by atoms with van der Waals surface area (Å²) >= 11 is 0. The zero-order chi connectivity index (χ0) is 20.6. The Kier molecular flexibility index (Phi) is 15.8. The van der Waals surface area contributed by atoms with Crippen molar-refractivity contribution in [3.8, 4) is 0 Å². The summed E-state index contributed by atoms with van der Waals surface area (Å²) in [6.07, 6.45) is 14.2. The summed E-state index contributed by atoms with van der Waals surface area (Å²) in [5, 5.41) is 0. The Bertz CT molecular complexity index is 306. The summed E-state index contributed by atoms with van der Waals surface area (Å²) in [6.45, 7) is 22.0. The van der Waals surface area contributed by atoms with Gasteiger partial charge in [0.25, 0.3) is 0 Å². The first-order valence-electron chi connectivity index (χ1n) is 12.3. The van der Waals surface area contributed by atoms with Crippen molar-refractivity contribution >= 4 is 0 Å². The van der Waals surface area contributed by atoms with E-state index in [-0.39, 0.29) is 0 Å². The number of ether oxygens (including phenoxy) is 1. The van der Waals surface area contributed by atoms with Crippen LogP contribution in [0.5, 0.6) is 0 Å². The Balaban J connectivity index is 4.33. The van der Waals surface area contributed by atoms with Crippen molar-refractivity contribution in [2.24, 2.45) is 10.8 Å². The number of nitrogens with zero attached hydrogens (tertiary/aromatic N) is 1. The SMILES string of the molecule is CCCN(CCC)CCCCCC(CC)(CC)COCC(CC)(CC)CC. The molecule has 0 saturated heterocycles. The fraction of sp³-hybridized carbons (Fsp3) is 1.00. The van der Waals surface area contributed by atoms with Crippen LogP contribution in [0.25, 0.3) is 0 Å². The van der Waals surface area contributed by atoms with E-state index in [4.69, 9.17) is 4.74 Å².